The molecule has 3 heteroatoms. The second-order valence-corrected chi connectivity index (χ2v) is 4.54. The van der Waals surface area contributed by atoms with Crippen molar-refractivity contribution < 1.29 is 0 Å². The Morgan fingerprint density at radius 2 is 1.92 bits per heavy atom. The third kappa shape index (κ3) is 1.57. The number of nitrogens with two attached hydrogens (primary N) is 1. The van der Waals surface area contributed by atoms with Crippen LogP contribution in [0.2, 0.25) is 0 Å². The van der Waals surface area contributed by atoms with Gasteiger partial charge in [-0.3, -0.25) is 10.3 Å². The highest BCUT2D eigenvalue weighted by molar-refractivity contribution is 5.82. The summed E-state index contributed by atoms with van der Waals surface area (Å²) >= 11 is 0. The van der Waals surface area contributed by atoms with Crippen LogP contribution in [0.4, 0.5) is 0 Å². The molecule has 0 aromatic heterocycles. The molecule has 74 valence electrons. The van der Waals surface area contributed by atoms with Gasteiger partial charge in [0.05, 0.1) is 6.04 Å². The Hall–Kier alpha value is -0.570. The first-order valence-electron chi connectivity index (χ1n) is 5.26. The lowest BCUT2D eigenvalue weighted by Crippen LogP contribution is -2.41. The summed E-state index contributed by atoms with van der Waals surface area (Å²) in [6, 6.07) is 0.158. The predicted octanol–water partition coefficient (Wildman–Crippen LogP) is 1.04. The van der Waals surface area contributed by atoms with Gasteiger partial charge >= 0.3 is 0 Å². The smallest absolute Gasteiger partial charge is 0.108 e. The van der Waals surface area contributed by atoms with Crippen molar-refractivity contribution in [3.8, 4) is 0 Å². The average molecular weight is 181 g/mol. The second-order valence-electron chi connectivity index (χ2n) is 4.54. The van der Waals surface area contributed by atoms with E-state index >= 15 is 0 Å². The highest BCUT2D eigenvalue weighted by Crippen LogP contribution is 2.38. The molecule has 1 aliphatic heterocycles. The van der Waals surface area contributed by atoms with Gasteiger partial charge < -0.3 is 5.73 Å². The average Bonchev–Trinajstić information content (AvgIpc) is 2.59. The zero-order chi connectivity index (χ0) is 9.42. The largest absolute Gasteiger partial charge is 0.386 e. The summed E-state index contributed by atoms with van der Waals surface area (Å²) < 4.78 is 0. The highest BCUT2D eigenvalue weighted by atomic mass is 15.2. The lowest BCUT2D eigenvalue weighted by atomic mass is 10.0. The molecule has 1 saturated carbocycles. The molecule has 1 heterocycles. The van der Waals surface area contributed by atoms with Crippen molar-refractivity contribution in [2.24, 2.45) is 17.6 Å². The monoisotopic (exact) mass is 181 g/mol. The Balaban J connectivity index is 1.95. The molecule has 1 aliphatic carbocycles. The Morgan fingerprint density at radius 3 is 2.38 bits per heavy atom. The lowest BCUT2D eigenvalue weighted by molar-refractivity contribution is 0.287. The van der Waals surface area contributed by atoms with Crippen LogP contribution in [-0.2, 0) is 0 Å². The molecule has 0 aromatic rings. The molecule has 0 radical (unpaired) electrons. The van der Waals surface area contributed by atoms with Crippen LogP contribution in [0.3, 0.4) is 0 Å². The fraction of sp³-hybridized carbons (Fsp3) is 0.900. The maximum atomic E-state index is 7.41. The summed E-state index contributed by atoms with van der Waals surface area (Å²) in [7, 11) is 0. The molecule has 0 bridgehead atoms. The highest BCUT2D eigenvalue weighted by Gasteiger charge is 2.37. The molecule has 0 spiro atoms. The molecule has 3 N–H and O–H groups in total. The molecular weight excluding hydrogens is 162 g/mol. The summed E-state index contributed by atoms with van der Waals surface area (Å²) in [5, 5.41) is 7.41. The first kappa shape index (κ1) is 9.00. The van der Waals surface area contributed by atoms with Gasteiger partial charge in [-0.05, 0) is 31.6 Å². The van der Waals surface area contributed by atoms with Crippen LogP contribution in [0.25, 0.3) is 0 Å². The zero-order valence-corrected chi connectivity index (χ0v) is 8.29. The zero-order valence-electron chi connectivity index (χ0n) is 8.29. The summed E-state index contributed by atoms with van der Waals surface area (Å²) in [4.78, 5) is 2.37. The van der Waals surface area contributed by atoms with Crippen LogP contribution >= 0.6 is 0 Å². The number of nitrogens with one attached hydrogen (secondary N) is 1. The lowest BCUT2D eigenvalue weighted by Gasteiger charge is -2.23. The molecular formula is C10H19N3. The fourth-order valence-corrected chi connectivity index (χ4v) is 2.78. The van der Waals surface area contributed by atoms with Crippen molar-refractivity contribution in [3.63, 3.8) is 0 Å². The van der Waals surface area contributed by atoms with Gasteiger partial charge in [-0.1, -0.05) is 6.42 Å². The molecule has 0 amide bonds. The van der Waals surface area contributed by atoms with E-state index in [0.717, 1.165) is 11.8 Å². The molecule has 3 atom stereocenters. The van der Waals surface area contributed by atoms with E-state index in [1.165, 1.54) is 32.4 Å². The van der Waals surface area contributed by atoms with Crippen molar-refractivity contribution in [1.82, 2.24) is 4.90 Å². The van der Waals surface area contributed by atoms with Gasteiger partial charge in [-0.2, -0.15) is 0 Å². The van der Waals surface area contributed by atoms with Gasteiger partial charge in [0.25, 0.3) is 0 Å². The van der Waals surface area contributed by atoms with E-state index in [2.05, 4.69) is 4.90 Å². The van der Waals surface area contributed by atoms with E-state index in [-0.39, 0.29) is 6.04 Å². The van der Waals surface area contributed by atoms with Crippen molar-refractivity contribution in [3.05, 3.63) is 0 Å². The molecule has 3 nitrogen and oxygen atoms in total. The van der Waals surface area contributed by atoms with Gasteiger partial charge in [-0.25, -0.2) is 0 Å². The van der Waals surface area contributed by atoms with E-state index in [4.69, 9.17) is 11.1 Å². The number of hydrogen-bond acceptors (Lipinski definition) is 2. The Bertz CT molecular complexity index is 202. The van der Waals surface area contributed by atoms with Gasteiger partial charge in [0.1, 0.15) is 5.84 Å². The van der Waals surface area contributed by atoms with Crippen LogP contribution in [0, 0.1) is 17.2 Å². The molecule has 3 unspecified atom stereocenters. The topological polar surface area (TPSA) is 53.1 Å². The van der Waals surface area contributed by atoms with Crippen molar-refractivity contribution in [2.45, 2.75) is 32.2 Å². The fourth-order valence-electron chi connectivity index (χ4n) is 2.78. The maximum absolute atomic E-state index is 7.41. The molecule has 2 fully saturated rings. The number of nitrogens with zero attached hydrogens (tertiary/aromatic N) is 1. The van der Waals surface area contributed by atoms with Crippen LogP contribution < -0.4 is 5.73 Å². The quantitative estimate of drug-likeness (QED) is 0.494. The number of likely N-dealkylation sites (tertiary alicyclic amines) is 1. The molecule has 2 aliphatic rings. The van der Waals surface area contributed by atoms with Gasteiger partial charge in [0.15, 0.2) is 0 Å². The van der Waals surface area contributed by atoms with Crippen molar-refractivity contribution >= 4 is 5.84 Å². The van der Waals surface area contributed by atoms with E-state index in [0.29, 0.717) is 5.84 Å². The maximum Gasteiger partial charge on any atom is 0.108 e. The minimum absolute atomic E-state index is 0.158. The predicted molar refractivity (Wildman–Crippen MR) is 53.8 cm³/mol. The number of fused-ring (bicyclic) bond motifs is 1. The summed E-state index contributed by atoms with van der Waals surface area (Å²) in [5.74, 6) is 2.13. The summed E-state index contributed by atoms with van der Waals surface area (Å²) in [6.07, 6.45) is 4.20. The Morgan fingerprint density at radius 1 is 1.38 bits per heavy atom. The van der Waals surface area contributed by atoms with Gasteiger partial charge in [0, 0.05) is 13.1 Å². The SMILES string of the molecule is CC(C(=N)N)N1CC2CCCC2C1. The van der Waals surface area contributed by atoms with Crippen molar-refractivity contribution in [2.75, 3.05) is 13.1 Å². The summed E-state index contributed by atoms with van der Waals surface area (Å²) in [6.45, 7) is 4.39. The molecule has 2 rings (SSSR count). The second kappa shape index (κ2) is 3.29. The van der Waals surface area contributed by atoms with Crippen LogP contribution in [0.15, 0.2) is 0 Å². The third-order valence-electron chi connectivity index (χ3n) is 3.75. The third-order valence-corrected chi connectivity index (χ3v) is 3.75. The number of amidine groups is 1. The molecule has 0 aromatic carbocycles. The van der Waals surface area contributed by atoms with E-state index in [1.54, 1.807) is 0 Å². The van der Waals surface area contributed by atoms with E-state index < -0.39 is 0 Å². The number of hydrogen-bond donors (Lipinski definition) is 2. The van der Waals surface area contributed by atoms with E-state index in [9.17, 15) is 0 Å². The normalized spacial score (nSPS) is 36.1. The van der Waals surface area contributed by atoms with Crippen molar-refractivity contribution in [1.29, 1.82) is 5.41 Å². The molecule has 1 saturated heterocycles. The van der Waals surface area contributed by atoms with Crippen LogP contribution in [-0.4, -0.2) is 29.9 Å². The van der Waals surface area contributed by atoms with E-state index in [1.807, 2.05) is 6.92 Å². The Labute approximate surface area is 79.8 Å². The minimum atomic E-state index is 0.158. The first-order chi connectivity index (χ1) is 6.18. The van der Waals surface area contributed by atoms with Crippen LogP contribution in [0.5, 0.6) is 0 Å². The van der Waals surface area contributed by atoms with Gasteiger partial charge in [-0.15, -0.1) is 0 Å². The Kier molecular flexibility index (Phi) is 2.28. The minimum Gasteiger partial charge on any atom is -0.386 e. The van der Waals surface area contributed by atoms with Crippen LogP contribution in [0.1, 0.15) is 26.2 Å². The standard InChI is InChI=1S/C10H19N3/c1-7(10(11)12)13-5-8-3-2-4-9(8)6-13/h7-9H,2-6H2,1H3,(H3,11,12). The van der Waals surface area contributed by atoms with Gasteiger partial charge in [0.2, 0.25) is 0 Å². The number of rotatable bonds is 2. The molecule has 13 heavy (non-hydrogen) atoms. The summed E-state index contributed by atoms with van der Waals surface area (Å²) in [5.41, 5.74) is 5.51. The first-order valence-corrected chi connectivity index (χ1v) is 5.26.